The number of non-ortho nitro benzene ring substituents is 1. The number of nitro groups is 1. The van der Waals surface area contributed by atoms with Gasteiger partial charge in [0.25, 0.3) is 11.6 Å². The first-order chi connectivity index (χ1) is 14.0. The summed E-state index contributed by atoms with van der Waals surface area (Å²) in [6.07, 6.45) is 2.26. The molecule has 9 heteroatoms. The van der Waals surface area contributed by atoms with Crippen molar-refractivity contribution in [3.8, 4) is 0 Å². The lowest BCUT2D eigenvalue weighted by Gasteiger charge is -2.12. The average molecular weight is 416 g/mol. The van der Waals surface area contributed by atoms with Crippen LogP contribution in [-0.4, -0.2) is 41.9 Å². The summed E-state index contributed by atoms with van der Waals surface area (Å²) in [5, 5.41) is 13.2. The molecular formula is C20H20N2O6S. The van der Waals surface area contributed by atoms with Gasteiger partial charge in [0.1, 0.15) is 0 Å². The molecule has 1 heterocycles. The van der Waals surface area contributed by atoms with E-state index in [2.05, 4.69) is 5.32 Å². The van der Waals surface area contributed by atoms with Gasteiger partial charge in [0.15, 0.2) is 6.61 Å². The van der Waals surface area contributed by atoms with Gasteiger partial charge < -0.3 is 14.8 Å². The van der Waals surface area contributed by atoms with E-state index in [0.717, 1.165) is 30.1 Å². The van der Waals surface area contributed by atoms with Gasteiger partial charge in [0, 0.05) is 35.1 Å². The molecule has 0 radical (unpaired) electrons. The quantitative estimate of drug-likeness (QED) is 0.303. The van der Waals surface area contributed by atoms with Crippen molar-refractivity contribution in [1.82, 2.24) is 0 Å². The minimum atomic E-state index is -0.584. The molecule has 2 aromatic carbocycles. The van der Waals surface area contributed by atoms with Gasteiger partial charge in [-0.05, 0) is 37.1 Å². The average Bonchev–Trinajstić information content (AvgIpc) is 3.25. The second-order valence-electron chi connectivity index (χ2n) is 6.37. The Hall–Kier alpha value is -2.91. The number of hydrogen-bond donors (Lipinski definition) is 1. The highest BCUT2D eigenvalue weighted by Crippen LogP contribution is 2.27. The van der Waals surface area contributed by atoms with Gasteiger partial charge in [-0.2, -0.15) is 0 Å². The van der Waals surface area contributed by atoms with Crippen LogP contribution in [0.2, 0.25) is 0 Å². The number of carbonyl (C=O) groups is 2. The zero-order chi connectivity index (χ0) is 20.6. The number of anilines is 1. The molecule has 1 N–H and O–H groups in total. The van der Waals surface area contributed by atoms with Crippen LogP contribution in [0.4, 0.5) is 11.4 Å². The number of nitrogens with one attached hydrogen (secondary N) is 1. The number of hydrogen-bond acceptors (Lipinski definition) is 7. The van der Waals surface area contributed by atoms with E-state index in [1.54, 1.807) is 12.1 Å². The van der Waals surface area contributed by atoms with E-state index >= 15 is 0 Å². The molecular weight excluding hydrogens is 396 g/mol. The number of nitrogens with zero attached hydrogens (tertiary/aromatic N) is 1. The lowest BCUT2D eigenvalue weighted by molar-refractivity contribution is -0.384. The third kappa shape index (κ3) is 6.03. The Labute approximate surface area is 171 Å². The highest BCUT2D eigenvalue weighted by Gasteiger charge is 2.19. The van der Waals surface area contributed by atoms with E-state index in [4.69, 9.17) is 9.47 Å². The molecule has 1 atom stereocenters. The number of rotatable bonds is 8. The van der Waals surface area contributed by atoms with Gasteiger partial charge in [-0.15, -0.1) is 11.8 Å². The standard InChI is InChI=1S/C20H20N2O6S/c23-19(21-14-7-9-15(10-8-14)22(25)26)12-28-20(24)17-5-1-2-6-18(17)29-13-16-4-3-11-27-16/h1-2,5-10,16H,3-4,11-13H2,(H,21,23)/t16-/m0/s1. The Morgan fingerprint density at radius 1 is 1.21 bits per heavy atom. The molecule has 8 nitrogen and oxygen atoms in total. The van der Waals surface area contributed by atoms with Crippen molar-refractivity contribution in [2.45, 2.75) is 23.8 Å². The van der Waals surface area contributed by atoms with Gasteiger partial charge in [-0.25, -0.2) is 4.79 Å². The SMILES string of the molecule is O=C(COC(=O)c1ccccc1SC[C@@H]1CCCO1)Nc1ccc([N+](=O)[O-])cc1. The summed E-state index contributed by atoms with van der Waals surface area (Å²) < 4.78 is 10.7. The smallest absolute Gasteiger partial charge is 0.339 e. The van der Waals surface area contributed by atoms with Crippen molar-refractivity contribution in [2.75, 3.05) is 24.3 Å². The topological polar surface area (TPSA) is 108 Å². The van der Waals surface area contributed by atoms with Crippen LogP contribution in [0.5, 0.6) is 0 Å². The first kappa shape index (κ1) is 20.8. The number of carbonyl (C=O) groups excluding carboxylic acids is 2. The predicted molar refractivity (Wildman–Crippen MR) is 108 cm³/mol. The predicted octanol–water partition coefficient (Wildman–Crippen LogP) is 3.66. The van der Waals surface area contributed by atoms with E-state index in [-0.39, 0.29) is 11.8 Å². The van der Waals surface area contributed by atoms with Crippen molar-refractivity contribution in [2.24, 2.45) is 0 Å². The zero-order valence-electron chi connectivity index (χ0n) is 15.5. The monoisotopic (exact) mass is 416 g/mol. The Morgan fingerprint density at radius 3 is 2.66 bits per heavy atom. The summed E-state index contributed by atoms with van der Waals surface area (Å²) in [7, 11) is 0. The van der Waals surface area contributed by atoms with E-state index in [9.17, 15) is 19.7 Å². The van der Waals surface area contributed by atoms with Gasteiger partial charge in [-0.3, -0.25) is 14.9 Å². The second kappa shape index (κ2) is 10.0. The molecule has 1 aliphatic heterocycles. The fraction of sp³-hybridized carbons (Fsp3) is 0.300. The van der Waals surface area contributed by atoms with E-state index < -0.39 is 23.4 Å². The van der Waals surface area contributed by atoms with E-state index in [1.807, 2.05) is 12.1 Å². The van der Waals surface area contributed by atoms with Crippen molar-refractivity contribution in [3.05, 3.63) is 64.2 Å². The molecule has 2 aromatic rings. The lowest BCUT2D eigenvalue weighted by atomic mass is 10.2. The minimum Gasteiger partial charge on any atom is -0.452 e. The van der Waals surface area contributed by atoms with Crippen LogP contribution in [-0.2, 0) is 14.3 Å². The molecule has 1 amide bonds. The van der Waals surface area contributed by atoms with Crippen LogP contribution in [0.3, 0.4) is 0 Å². The molecule has 0 aromatic heterocycles. The highest BCUT2D eigenvalue weighted by atomic mass is 32.2. The first-order valence-electron chi connectivity index (χ1n) is 9.08. The molecule has 0 aliphatic carbocycles. The van der Waals surface area contributed by atoms with Crippen molar-refractivity contribution >= 4 is 35.0 Å². The molecule has 29 heavy (non-hydrogen) atoms. The lowest BCUT2D eigenvalue weighted by Crippen LogP contribution is -2.21. The summed E-state index contributed by atoms with van der Waals surface area (Å²) in [5.74, 6) is -0.360. The van der Waals surface area contributed by atoms with Crippen molar-refractivity contribution in [3.63, 3.8) is 0 Å². The third-order valence-corrected chi connectivity index (χ3v) is 5.46. The summed E-state index contributed by atoms with van der Waals surface area (Å²) in [6.45, 7) is 0.319. The molecule has 0 bridgehead atoms. The second-order valence-corrected chi connectivity index (χ2v) is 7.43. The molecule has 1 aliphatic rings. The fourth-order valence-electron chi connectivity index (χ4n) is 2.79. The molecule has 0 saturated carbocycles. The van der Waals surface area contributed by atoms with Crippen LogP contribution < -0.4 is 5.32 Å². The van der Waals surface area contributed by atoms with Crippen LogP contribution in [0.25, 0.3) is 0 Å². The minimum absolute atomic E-state index is 0.0773. The Morgan fingerprint density at radius 2 is 1.97 bits per heavy atom. The maximum Gasteiger partial charge on any atom is 0.339 e. The number of esters is 1. The maximum absolute atomic E-state index is 12.4. The summed E-state index contributed by atoms with van der Waals surface area (Å²) in [4.78, 5) is 35.3. The molecule has 1 fully saturated rings. The molecule has 3 rings (SSSR count). The van der Waals surface area contributed by atoms with Crippen LogP contribution >= 0.6 is 11.8 Å². The Bertz CT molecular complexity index is 881. The first-order valence-corrected chi connectivity index (χ1v) is 10.1. The number of ether oxygens (including phenoxy) is 2. The third-order valence-electron chi connectivity index (χ3n) is 4.25. The number of nitro benzene ring substituents is 1. The van der Waals surface area contributed by atoms with E-state index in [0.29, 0.717) is 11.3 Å². The highest BCUT2D eigenvalue weighted by molar-refractivity contribution is 7.99. The summed E-state index contributed by atoms with van der Waals surface area (Å²) >= 11 is 1.53. The Balaban J connectivity index is 1.52. The van der Waals surface area contributed by atoms with Crippen LogP contribution in [0, 0.1) is 10.1 Å². The normalized spacial score (nSPS) is 15.7. The number of thioether (sulfide) groups is 1. The number of amides is 1. The van der Waals surface area contributed by atoms with Gasteiger partial charge in [0.05, 0.1) is 16.6 Å². The van der Waals surface area contributed by atoms with Gasteiger partial charge in [-0.1, -0.05) is 12.1 Å². The fourth-order valence-corrected chi connectivity index (χ4v) is 3.90. The van der Waals surface area contributed by atoms with Crippen molar-refractivity contribution in [1.29, 1.82) is 0 Å². The van der Waals surface area contributed by atoms with Gasteiger partial charge in [0.2, 0.25) is 0 Å². The Kier molecular flexibility index (Phi) is 7.20. The summed E-state index contributed by atoms with van der Waals surface area (Å²) in [6, 6.07) is 12.5. The summed E-state index contributed by atoms with van der Waals surface area (Å²) in [5.41, 5.74) is 0.703. The number of benzene rings is 2. The zero-order valence-corrected chi connectivity index (χ0v) is 16.4. The van der Waals surface area contributed by atoms with Gasteiger partial charge >= 0.3 is 5.97 Å². The molecule has 152 valence electrons. The van der Waals surface area contributed by atoms with Crippen LogP contribution in [0.1, 0.15) is 23.2 Å². The van der Waals surface area contributed by atoms with Crippen molar-refractivity contribution < 1.29 is 24.0 Å². The van der Waals surface area contributed by atoms with E-state index in [1.165, 1.54) is 36.0 Å². The van der Waals surface area contributed by atoms with Crippen LogP contribution in [0.15, 0.2) is 53.4 Å². The molecule has 1 saturated heterocycles. The largest absolute Gasteiger partial charge is 0.452 e. The maximum atomic E-state index is 12.4. The molecule has 0 spiro atoms. The molecule has 0 unspecified atom stereocenters.